The maximum absolute atomic E-state index is 11.3. The molecule has 0 aliphatic carbocycles. The summed E-state index contributed by atoms with van der Waals surface area (Å²) in [7, 11) is -2.86. The predicted molar refractivity (Wildman–Crippen MR) is 40.8 cm³/mol. The van der Waals surface area contributed by atoms with Gasteiger partial charge in [0.1, 0.15) is 0 Å². The van der Waals surface area contributed by atoms with Crippen molar-refractivity contribution in [2.24, 2.45) is 0 Å². The van der Waals surface area contributed by atoms with Crippen molar-refractivity contribution in [1.29, 1.82) is 0 Å². The topological polar surface area (TPSA) is 55.8 Å². The lowest BCUT2D eigenvalue weighted by molar-refractivity contribution is 0.354. The first-order valence-corrected chi connectivity index (χ1v) is 5.09. The molecule has 1 N–H and O–H groups in total. The van der Waals surface area contributed by atoms with E-state index in [1.807, 2.05) is 0 Å². The Bertz CT molecular complexity index is 197. The first kappa shape index (κ1) is 8.78. The molecule has 0 aromatic heterocycles. The van der Waals surface area contributed by atoms with Gasteiger partial charge in [-0.2, -0.15) is 0 Å². The normalized spacial score (nSPS) is 23.9. The van der Waals surface area contributed by atoms with Crippen molar-refractivity contribution < 1.29 is 18.7 Å². The summed E-state index contributed by atoms with van der Waals surface area (Å²) in [5.41, 5.74) is 0. The third kappa shape index (κ3) is 2.66. The lowest BCUT2D eigenvalue weighted by Gasteiger charge is -2.04. The molecule has 1 saturated heterocycles. The lowest BCUT2D eigenvalue weighted by atomic mass is 10.5. The van der Waals surface area contributed by atoms with Gasteiger partial charge in [0.25, 0.3) is 0 Å². The van der Waals surface area contributed by atoms with E-state index in [9.17, 15) is 4.57 Å². The SMILES string of the molecule is CC(O)=CCP1(=O)OCCO1. The number of allylic oxidation sites excluding steroid dienone is 2. The van der Waals surface area contributed by atoms with Gasteiger partial charge in [-0.1, -0.05) is 0 Å². The molecule has 64 valence electrons. The average Bonchev–Trinajstić information content (AvgIpc) is 2.33. The van der Waals surface area contributed by atoms with E-state index in [0.29, 0.717) is 13.2 Å². The summed E-state index contributed by atoms with van der Waals surface area (Å²) in [5.74, 6) is 0.138. The molecular formula is C6H11O4P. The summed E-state index contributed by atoms with van der Waals surface area (Å²) in [6, 6.07) is 0. The molecule has 0 spiro atoms. The maximum atomic E-state index is 11.3. The third-order valence-electron chi connectivity index (χ3n) is 1.27. The largest absolute Gasteiger partial charge is 0.513 e. The Labute approximate surface area is 65.4 Å². The van der Waals surface area contributed by atoms with Crippen LogP contribution in [-0.2, 0) is 13.6 Å². The first-order valence-electron chi connectivity index (χ1n) is 3.36. The number of rotatable bonds is 2. The molecule has 0 atom stereocenters. The summed E-state index contributed by atoms with van der Waals surface area (Å²) >= 11 is 0. The molecule has 0 radical (unpaired) electrons. The standard InChI is InChI=1S/C6H11O4P/c1-6(7)2-5-11(8)9-3-4-10-11/h2,7H,3-5H2,1H3. The van der Waals surface area contributed by atoms with E-state index >= 15 is 0 Å². The summed E-state index contributed by atoms with van der Waals surface area (Å²) in [6.07, 6.45) is 1.60. The minimum absolute atomic E-state index is 0.138. The highest BCUT2D eigenvalue weighted by Crippen LogP contribution is 2.51. The summed E-state index contributed by atoms with van der Waals surface area (Å²) in [6.45, 7) is 2.29. The van der Waals surface area contributed by atoms with Crippen molar-refractivity contribution in [1.82, 2.24) is 0 Å². The zero-order chi connectivity index (χ0) is 8.32. The molecule has 5 heteroatoms. The van der Waals surface area contributed by atoms with Crippen LogP contribution in [0, 0.1) is 0 Å². The van der Waals surface area contributed by atoms with Crippen molar-refractivity contribution >= 4 is 7.60 Å². The predicted octanol–water partition coefficient (Wildman–Crippen LogP) is 1.69. The van der Waals surface area contributed by atoms with Crippen LogP contribution in [0.15, 0.2) is 11.8 Å². The van der Waals surface area contributed by atoms with Crippen LogP contribution in [-0.4, -0.2) is 24.5 Å². The molecule has 1 rings (SSSR count). The van der Waals surface area contributed by atoms with Crippen LogP contribution in [0.2, 0.25) is 0 Å². The fourth-order valence-corrected chi connectivity index (χ4v) is 2.22. The van der Waals surface area contributed by atoms with Gasteiger partial charge in [0.2, 0.25) is 0 Å². The van der Waals surface area contributed by atoms with Crippen LogP contribution in [0.4, 0.5) is 0 Å². The smallest absolute Gasteiger partial charge is 0.334 e. The molecule has 0 saturated carbocycles. The number of hydrogen-bond donors (Lipinski definition) is 1. The Balaban J connectivity index is 2.47. The van der Waals surface area contributed by atoms with E-state index in [-0.39, 0.29) is 11.9 Å². The van der Waals surface area contributed by atoms with Gasteiger partial charge in [-0.25, -0.2) is 0 Å². The molecular weight excluding hydrogens is 167 g/mol. The molecule has 1 aliphatic rings. The second-order valence-corrected chi connectivity index (χ2v) is 4.41. The monoisotopic (exact) mass is 178 g/mol. The number of hydrogen-bond acceptors (Lipinski definition) is 4. The Hall–Kier alpha value is -0.310. The fraction of sp³-hybridized carbons (Fsp3) is 0.667. The van der Waals surface area contributed by atoms with E-state index < -0.39 is 7.60 Å². The van der Waals surface area contributed by atoms with Crippen molar-refractivity contribution in [2.45, 2.75) is 6.92 Å². The zero-order valence-electron chi connectivity index (χ0n) is 6.32. The lowest BCUT2D eigenvalue weighted by Crippen LogP contribution is -1.86. The van der Waals surface area contributed by atoms with Gasteiger partial charge < -0.3 is 14.2 Å². The average molecular weight is 178 g/mol. The molecule has 0 bridgehead atoms. The zero-order valence-corrected chi connectivity index (χ0v) is 7.21. The van der Waals surface area contributed by atoms with Crippen LogP contribution in [0.5, 0.6) is 0 Å². The van der Waals surface area contributed by atoms with E-state index in [4.69, 9.17) is 14.2 Å². The highest BCUT2D eigenvalue weighted by Gasteiger charge is 2.28. The van der Waals surface area contributed by atoms with E-state index in [1.165, 1.54) is 13.0 Å². The van der Waals surface area contributed by atoms with E-state index in [0.717, 1.165) is 0 Å². The molecule has 1 aliphatic heterocycles. The Morgan fingerprint density at radius 2 is 2.18 bits per heavy atom. The number of aliphatic hydroxyl groups is 1. The Morgan fingerprint density at radius 1 is 1.64 bits per heavy atom. The van der Waals surface area contributed by atoms with Crippen LogP contribution >= 0.6 is 7.60 Å². The third-order valence-corrected chi connectivity index (χ3v) is 3.05. The fourth-order valence-electron chi connectivity index (χ4n) is 0.739. The Morgan fingerprint density at radius 3 is 2.64 bits per heavy atom. The molecule has 0 aromatic rings. The van der Waals surface area contributed by atoms with Gasteiger partial charge >= 0.3 is 7.60 Å². The Kier molecular flexibility index (Phi) is 2.71. The summed E-state index contributed by atoms with van der Waals surface area (Å²) < 4.78 is 21.1. The number of aliphatic hydroxyl groups excluding tert-OH is 1. The van der Waals surface area contributed by atoms with Crippen LogP contribution in [0.1, 0.15) is 6.92 Å². The molecule has 0 aromatic carbocycles. The van der Waals surface area contributed by atoms with E-state index in [1.54, 1.807) is 0 Å². The van der Waals surface area contributed by atoms with Gasteiger partial charge in [-0.05, 0) is 13.0 Å². The van der Waals surface area contributed by atoms with Crippen molar-refractivity contribution in [2.75, 3.05) is 19.4 Å². The quantitative estimate of drug-likeness (QED) is 0.516. The second kappa shape index (κ2) is 3.39. The second-order valence-electron chi connectivity index (χ2n) is 2.31. The molecule has 0 amide bonds. The molecule has 4 nitrogen and oxygen atoms in total. The van der Waals surface area contributed by atoms with Crippen LogP contribution in [0.3, 0.4) is 0 Å². The van der Waals surface area contributed by atoms with Crippen LogP contribution < -0.4 is 0 Å². The molecule has 11 heavy (non-hydrogen) atoms. The summed E-state index contributed by atoms with van der Waals surface area (Å²) in [5, 5.41) is 8.76. The minimum atomic E-state index is -2.86. The molecule has 0 unspecified atom stereocenters. The minimum Gasteiger partial charge on any atom is -0.513 e. The molecule has 1 heterocycles. The van der Waals surface area contributed by atoms with Crippen molar-refractivity contribution in [3.63, 3.8) is 0 Å². The van der Waals surface area contributed by atoms with Gasteiger partial charge in [-0.3, -0.25) is 4.57 Å². The van der Waals surface area contributed by atoms with Gasteiger partial charge in [0.05, 0.1) is 25.1 Å². The highest BCUT2D eigenvalue weighted by molar-refractivity contribution is 7.54. The van der Waals surface area contributed by atoms with Crippen molar-refractivity contribution in [3.8, 4) is 0 Å². The van der Waals surface area contributed by atoms with Gasteiger partial charge in [0.15, 0.2) is 0 Å². The molecule has 1 fully saturated rings. The first-order chi connectivity index (χ1) is 5.12. The van der Waals surface area contributed by atoms with E-state index in [2.05, 4.69) is 0 Å². The maximum Gasteiger partial charge on any atom is 0.334 e. The highest BCUT2D eigenvalue weighted by atomic mass is 31.2. The van der Waals surface area contributed by atoms with Crippen molar-refractivity contribution in [3.05, 3.63) is 11.8 Å². The van der Waals surface area contributed by atoms with Gasteiger partial charge in [0, 0.05) is 0 Å². The van der Waals surface area contributed by atoms with Crippen LogP contribution in [0.25, 0.3) is 0 Å². The van der Waals surface area contributed by atoms with Gasteiger partial charge in [-0.15, -0.1) is 0 Å². The summed E-state index contributed by atoms with van der Waals surface area (Å²) in [4.78, 5) is 0.